The number of hydrogen-bond acceptors (Lipinski definition) is 2. The highest BCUT2D eigenvalue weighted by Crippen LogP contribution is 2.32. The molecule has 1 amide bonds. The zero-order chi connectivity index (χ0) is 17.3. The van der Waals surface area contributed by atoms with Crippen LogP contribution in [0.1, 0.15) is 23.2 Å². The van der Waals surface area contributed by atoms with Gasteiger partial charge in [-0.15, -0.1) is 0 Å². The molecule has 126 valence electrons. The summed E-state index contributed by atoms with van der Waals surface area (Å²) < 4.78 is 39.6. The highest BCUT2D eigenvalue weighted by molar-refractivity contribution is 5.95. The lowest BCUT2D eigenvalue weighted by Crippen LogP contribution is -2.41. The van der Waals surface area contributed by atoms with Gasteiger partial charge in [0.05, 0.1) is 0 Å². The van der Waals surface area contributed by atoms with E-state index in [4.69, 9.17) is 5.73 Å². The minimum Gasteiger partial charge on any atom is -0.348 e. The summed E-state index contributed by atoms with van der Waals surface area (Å²) in [6, 6.07) is 8.06. The van der Waals surface area contributed by atoms with Gasteiger partial charge >= 0.3 is 0 Å². The van der Waals surface area contributed by atoms with E-state index in [1.54, 1.807) is 24.3 Å². The van der Waals surface area contributed by atoms with Crippen LogP contribution < -0.4 is 11.1 Å². The zero-order valence-corrected chi connectivity index (χ0v) is 12.9. The van der Waals surface area contributed by atoms with Crippen LogP contribution in [-0.4, -0.2) is 18.5 Å². The molecule has 3 rings (SSSR count). The third-order valence-electron chi connectivity index (χ3n) is 4.23. The summed E-state index contributed by atoms with van der Waals surface area (Å²) in [5.74, 6) is -3.78. The molecule has 0 aromatic heterocycles. The molecule has 0 spiro atoms. The van der Waals surface area contributed by atoms with Crippen LogP contribution in [0.4, 0.5) is 13.2 Å². The minimum atomic E-state index is -1.50. The Morgan fingerprint density at radius 2 is 1.67 bits per heavy atom. The predicted molar refractivity (Wildman–Crippen MR) is 84.8 cm³/mol. The summed E-state index contributed by atoms with van der Waals surface area (Å²) in [4.78, 5) is 12.2. The first kappa shape index (κ1) is 16.5. The summed E-state index contributed by atoms with van der Waals surface area (Å²) in [5, 5.41) is 2.90. The molecule has 1 saturated carbocycles. The fraction of sp³-hybridized carbons (Fsp3) is 0.278. The van der Waals surface area contributed by atoms with E-state index in [0.717, 1.165) is 25.0 Å². The van der Waals surface area contributed by atoms with Gasteiger partial charge < -0.3 is 11.1 Å². The summed E-state index contributed by atoms with van der Waals surface area (Å²) in [7, 11) is 0. The van der Waals surface area contributed by atoms with Gasteiger partial charge in [-0.2, -0.15) is 0 Å². The lowest BCUT2D eigenvalue weighted by atomic mass is 10.0. The number of nitrogens with two attached hydrogens (primary N) is 1. The standard InChI is InChI=1S/C18H17F3N2O/c19-14-7-13(8-15(20)17(14)21)10-1-5-12(6-2-10)18(24)23-16(9-22)11-3-4-11/h1-2,5-8,11,16H,3-4,9,22H2,(H,23,24). The molecule has 0 bridgehead atoms. The van der Waals surface area contributed by atoms with Crippen LogP contribution in [0.3, 0.4) is 0 Å². The SMILES string of the molecule is NCC(NC(=O)c1ccc(-c2cc(F)c(F)c(F)c2)cc1)C1CC1. The molecule has 3 N–H and O–H groups in total. The Kier molecular flexibility index (Phi) is 4.57. The number of rotatable bonds is 5. The van der Waals surface area contributed by atoms with Crippen LogP contribution in [0.2, 0.25) is 0 Å². The topological polar surface area (TPSA) is 55.1 Å². The Bertz CT molecular complexity index is 734. The van der Waals surface area contributed by atoms with E-state index >= 15 is 0 Å². The Balaban J connectivity index is 1.76. The van der Waals surface area contributed by atoms with E-state index < -0.39 is 17.5 Å². The van der Waals surface area contributed by atoms with Crippen LogP contribution in [0.25, 0.3) is 11.1 Å². The van der Waals surface area contributed by atoms with Crippen molar-refractivity contribution in [3.63, 3.8) is 0 Å². The van der Waals surface area contributed by atoms with E-state index in [0.29, 0.717) is 23.6 Å². The number of nitrogens with one attached hydrogen (secondary N) is 1. The van der Waals surface area contributed by atoms with Gasteiger partial charge in [0.1, 0.15) is 0 Å². The monoisotopic (exact) mass is 334 g/mol. The average molecular weight is 334 g/mol. The van der Waals surface area contributed by atoms with Crippen molar-refractivity contribution in [2.24, 2.45) is 11.7 Å². The molecular formula is C18H17F3N2O. The van der Waals surface area contributed by atoms with Crippen LogP contribution in [-0.2, 0) is 0 Å². The van der Waals surface area contributed by atoms with E-state index in [2.05, 4.69) is 5.32 Å². The fourth-order valence-electron chi connectivity index (χ4n) is 2.66. The molecule has 1 fully saturated rings. The maximum absolute atomic E-state index is 13.3. The Morgan fingerprint density at radius 1 is 1.08 bits per heavy atom. The number of carbonyl (C=O) groups is 1. The van der Waals surface area contributed by atoms with E-state index in [9.17, 15) is 18.0 Å². The molecule has 1 atom stereocenters. The lowest BCUT2D eigenvalue weighted by molar-refractivity contribution is 0.0933. The summed E-state index contributed by atoms with van der Waals surface area (Å²) >= 11 is 0. The van der Waals surface area contributed by atoms with Gasteiger partial charge in [0.25, 0.3) is 5.91 Å². The first-order valence-corrected chi connectivity index (χ1v) is 7.75. The third-order valence-corrected chi connectivity index (χ3v) is 4.23. The van der Waals surface area contributed by atoms with Crippen LogP contribution in [0.15, 0.2) is 36.4 Å². The summed E-state index contributed by atoms with van der Waals surface area (Å²) in [5.41, 5.74) is 6.79. The van der Waals surface area contributed by atoms with Gasteiger partial charge in [-0.05, 0) is 54.2 Å². The predicted octanol–water partition coefficient (Wildman–Crippen LogP) is 3.24. The van der Waals surface area contributed by atoms with Crippen LogP contribution in [0.5, 0.6) is 0 Å². The van der Waals surface area contributed by atoms with Gasteiger partial charge in [-0.1, -0.05) is 12.1 Å². The van der Waals surface area contributed by atoms with Gasteiger partial charge in [0, 0.05) is 18.2 Å². The molecule has 0 aliphatic heterocycles. The maximum atomic E-state index is 13.3. The van der Waals surface area contributed by atoms with Crippen molar-refractivity contribution >= 4 is 5.91 Å². The molecule has 1 aliphatic carbocycles. The molecule has 2 aromatic rings. The van der Waals surface area contributed by atoms with Gasteiger partial charge in [-0.3, -0.25) is 4.79 Å². The molecule has 6 heteroatoms. The van der Waals surface area contributed by atoms with Crippen LogP contribution in [0, 0.1) is 23.4 Å². The largest absolute Gasteiger partial charge is 0.348 e. The lowest BCUT2D eigenvalue weighted by Gasteiger charge is -2.16. The summed E-state index contributed by atoms with van der Waals surface area (Å²) in [6.45, 7) is 0.391. The molecular weight excluding hydrogens is 317 g/mol. The van der Waals surface area contributed by atoms with Crippen molar-refractivity contribution in [2.75, 3.05) is 6.54 Å². The molecule has 1 unspecified atom stereocenters. The first-order chi connectivity index (χ1) is 11.5. The smallest absolute Gasteiger partial charge is 0.251 e. The minimum absolute atomic E-state index is 0.0301. The Morgan fingerprint density at radius 3 is 2.17 bits per heavy atom. The molecule has 24 heavy (non-hydrogen) atoms. The number of hydrogen-bond donors (Lipinski definition) is 2. The van der Waals surface area contributed by atoms with Crippen molar-refractivity contribution < 1.29 is 18.0 Å². The maximum Gasteiger partial charge on any atom is 0.251 e. The molecule has 0 heterocycles. The number of amides is 1. The van der Waals surface area contributed by atoms with Crippen molar-refractivity contribution in [3.05, 3.63) is 59.4 Å². The fourth-order valence-corrected chi connectivity index (χ4v) is 2.66. The van der Waals surface area contributed by atoms with E-state index in [1.165, 1.54) is 0 Å². The van der Waals surface area contributed by atoms with Gasteiger partial charge in [-0.25, -0.2) is 13.2 Å². The van der Waals surface area contributed by atoms with E-state index in [1.807, 2.05) is 0 Å². The zero-order valence-electron chi connectivity index (χ0n) is 12.9. The number of benzene rings is 2. The average Bonchev–Trinajstić information content (AvgIpc) is 3.42. The normalized spacial score (nSPS) is 15.2. The molecule has 2 aromatic carbocycles. The second-order valence-electron chi connectivity index (χ2n) is 5.98. The van der Waals surface area contributed by atoms with Crippen LogP contribution >= 0.6 is 0 Å². The molecule has 3 nitrogen and oxygen atoms in total. The van der Waals surface area contributed by atoms with E-state index in [-0.39, 0.29) is 17.5 Å². The van der Waals surface area contributed by atoms with Crippen molar-refractivity contribution in [1.82, 2.24) is 5.32 Å². The third kappa shape index (κ3) is 3.43. The Hall–Kier alpha value is -2.34. The molecule has 1 aliphatic rings. The second-order valence-corrected chi connectivity index (χ2v) is 5.98. The second kappa shape index (κ2) is 6.65. The molecule has 0 radical (unpaired) electrons. The van der Waals surface area contributed by atoms with Crippen molar-refractivity contribution in [3.8, 4) is 11.1 Å². The van der Waals surface area contributed by atoms with Crippen molar-refractivity contribution in [1.29, 1.82) is 0 Å². The number of carbonyl (C=O) groups excluding carboxylic acids is 1. The Labute approximate surface area is 137 Å². The van der Waals surface area contributed by atoms with Gasteiger partial charge in [0.2, 0.25) is 0 Å². The quantitative estimate of drug-likeness (QED) is 0.825. The summed E-state index contributed by atoms with van der Waals surface area (Å²) in [6.07, 6.45) is 2.14. The van der Waals surface area contributed by atoms with Gasteiger partial charge in [0.15, 0.2) is 17.5 Å². The highest BCUT2D eigenvalue weighted by Gasteiger charge is 2.31. The van der Waals surface area contributed by atoms with Crippen molar-refractivity contribution in [2.45, 2.75) is 18.9 Å². The molecule has 0 saturated heterocycles. The first-order valence-electron chi connectivity index (χ1n) is 7.75. The number of halogens is 3. The highest BCUT2D eigenvalue weighted by atomic mass is 19.2.